The Morgan fingerprint density at radius 1 is 1.20 bits per heavy atom. The van der Waals surface area contributed by atoms with E-state index in [1.54, 1.807) is 0 Å². The minimum atomic E-state index is 0.0786. The average molecular weight is 338 g/mol. The van der Waals surface area contributed by atoms with Gasteiger partial charge < -0.3 is 9.88 Å². The van der Waals surface area contributed by atoms with Crippen molar-refractivity contribution in [2.24, 2.45) is 0 Å². The smallest absolute Gasteiger partial charge is 0.268 e. The van der Waals surface area contributed by atoms with E-state index in [-0.39, 0.29) is 11.9 Å². The van der Waals surface area contributed by atoms with Gasteiger partial charge >= 0.3 is 0 Å². The normalized spacial score (nSPS) is 14.9. The van der Waals surface area contributed by atoms with E-state index in [4.69, 9.17) is 0 Å². The molecule has 25 heavy (non-hydrogen) atoms. The van der Waals surface area contributed by atoms with Crippen LogP contribution in [0.2, 0.25) is 0 Å². The Morgan fingerprint density at radius 3 is 2.64 bits per heavy atom. The molecule has 1 aliphatic carbocycles. The molecule has 0 spiro atoms. The second-order valence-electron chi connectivity index (χ2n) is 7.40. The second-order valence-corrected chi connectivity index (χ2v) is 7.40. The third kappa shape index (κ3) is 3.51. The number of carbonyl (C=O) groups excluding carboxylic acids is 1. The summed E-state index contributed by atoms with van der Waals surface area (Å²) in [7, 11) is 0. The van der Waals surface area contributed by atoms with Gasteiger partial charge in [-0.25, -0.2) is 0 Å². The summed E-state index contributed by atoms with van der Waals surface area (Å²) in [6, 6.07) is 8.69. The molecule has 3 nitrogen and oxygen atoms in total. The zero-order valence-electron chi connectivity index (χ0n) is 16.0. The third-order valence-electron chi connectivity index (χ3n) is 5.64. The van der Waals surface area contributed by atoms with Crippen LogP contribution >= 0.6 is 0 Å². The summed E-state index contributed by atoms with van der Waals surface area (Å²) in [5, 5.41) is 3.18. The number of benzene rings is 1. The number of rotatable bonds is 5. The predicted molar refractivity (Wildman–Crippen MR) is 103 cm³/mol. The molecule has 1 aromatic heterocycles. The maximum absolute atomic E-state index is 13.0. The van der Waals surface area contributed by atoms with Crippen LogP contribution < -0.4 is 5.32 Å². The van der Waals surface area contributed by atoms with Crippen molar-refractivity contribution >= 4 is 5.91 Å². The molecule has 0 fully saturated rings. The summed E-state index contributed by atoms with van der Waals surface area (Å²) in [4.78, 5) is 13.0. The average Bonchev–Trinajstić information content (AvgIpc) is 2.89. The van der Waals surface area contributed by atoms with E-state index >= 15 is 0 Å². The van der Waals surface area contributed by atoms with Gasteiger partial charge in [-0.2, -0.15) is 0 Å². The zero-order valence-corrected chi connectivity index (χ0v) is 16.0. The van der Waals surface area contributed by atoms with E-state index in [9.17, 15) is 4.79 Å². The van der Waals surface area contributed by atoms with Gasteiger partial charge in [0.15, 0.2) is 0 Å². The number of hydrogen-bond acceptors (Lipinski definition) is 1. The number of carbonyl (C=O) groups is 1. The highest BCUT2D eigenvalue weighted by Gasteiger charge is 2.26. The largest absolute Gasteiger partial charge is 0.348 e. The summed E-state index contributed by atoms with van der Waals surface area (Å²) in [5.74, 6) is 0.0786. The Labute approximate surface area is 151 Å². The van der Waals surface area contributed by atoms with Crippen molar-refractivity contribution in [2.75, 3.05) is 0 Å². The number of nitrogens with zero attached hydrogens (tertiary/aromatic N) is 1. The highest BCUT2D eigenvalue weighted by molar-refractivity contribution is 5.95. The lowest BCUT2D eigenvalue weighted by atomic mass is 9.95. The molecule has 3 rings (SSSR count). The lowest BCUT2D eigenvalue weighted by molar-refractivity contribution is 0.0929. The van der Waals surface area contributed by atoms with Gasteiger partial charge in [0.25, 0.3) is 5.91 Å². The van der Waals surface area contributed by atoms with Crippen LogP contribution in [0.4, 0.5) is 0 Å². The SMILES string of the molecule is CCC(C)NC(=O)c1c(C)c2c(n1Cc1ccccc1C)CCCC2. The van der Waals surface area contributed by atoms with Crippen LogP contribution in [0.25, 0.3) is 0 Å². The molecule has 1 aromatic carbocycles. The van der Waals surface area contributed by atoms with Crippen molar-refractivity contribution in [2.45, 2.75) is 72.4 Å². The summed E-state index contributed by atoms with van der Waals surface area (Å²) in [5.41, 5.74) is 7.42. The monoisotopic (exact) mass is 338 g/mol. The van der Waals surface area contributed by atoms with Crippen molar-refractivity contribution in [1.82, 2.24) is 9.88 Å². The molecule has 1 N–H and O–H groups in total. The highest BCUT2D eigenvalue weighted by Crippen LogP contribution is 2.31. The lowest BCUT2D eigenvalue weighted by Crippen LogP contribution is -2.34. The fourth-order valence-corrected chi connectivity index (χ4v) is 3.89. The first-order valence-electron chi connectivity index (χ1n) is 9.59. The van der Waals surface area contributed by atoms with Gasteiger partial charge in [-0.1, -0.05) is 31.2 Å². The molecule has 1 atom stereocenters. The fraction of sp³-hybridized carbons (Fsp3) is 0.500. The summed E-state index contributed by atoms with van der Waals surface area (Å²) in [6.07, 6.45) is 5.58. The van der Waals surface area contributed by atoms with Crippen molar-refractivity contribution in [3.63, 3.8) is 0 Å². The van der Waals surface area contributed by atoms with Gasteiger partial charge in [0.1, 0.15) is 5.69 Å². The minimum Gasteiger partial charge on any atom is -0.348 e. The number of fused-ring (bicyclic) bond motifs is 1. The molecule has 3 heteroatoms. The Balaban J connectivity index is 2.05. The molecule has 1 amide bonds. The molecular formula is C22H30N2O. The first-order chi connectivity index (χ1) is 12.0. The first kappa shape index (κ1) is 17.8. The summed E-state index contributed by atoms with van der Waals surface area (Å²) >= 11 is 0. The minimum absolute atomic E-state index is 0.0786. The van der Waals surface area contributed by atoms with Gasteiger partial charge in [0.05, 0.1) is 0 Å². The second kappa shape index (κ2) is 7.47. The van der Waals surface area contributed by atoms with Crippen molar-refractivity contribution in [1.29, 1.82) is 0 Å². The third-order valence-corrected chi connectivity index (χ3v) is 5.64. The molecule has 0 saturated carbocycles. The molecule has 1 unspecified atom stereocenters. The number of nitrogens with one attached hydrogen (secondary N) is 1. The van der Waals surface area contributed by atoms with E-state index in [1.807, 2.05) is 0 Å². The van der Waals surface area contributed by atoms with Crippen LogP contribution in [0.5, 0.6) is 0 Å². The van der Waals surface area contributed by atoms with E-state index in [0.717, 1.165) is 31.5 Å². The van der Waals surface area contributed by atoms with Gasteiger partial charge in [0, 0.05) is 18.3 Å². The van der Waals surface area contributed by atoms with Gasteiger partial charge in [-0.3, -0.25) is 4.79 Å². The quantitative estimate of drug-likeness (QED) is 0.852. The first-order valence-corrected chi connectivity index (χ1v) is 9.59. The Hall–Kier alpha value is -2.03. The highest BCUT2D eigenvalue weighted by atomic mass is 16.2. The van der Waals surface area contributed by atoms with Crippen molar-refractivity contribution in [3.05, 3.63) is 57.9 Å². The van der Waals surface area contributed by atoms with Crippen LogP contribution in [-0.2, 0) is 19.4 Å². The van der Waals surface area contributed by atoms with Crippen molar-refractivity contribution in [3.8, 4) is 0 Å². The molecule has 1 heterocycles. The molecule has 2 aromatic rings. The summed E-state index contributed by atoms with van der Waals surface area (Å²) < 4.78 is 2.30. The van der Waals surface area contributed by atoms with Crippen molar-refractivity contribution < 1.29 is 4.79 Å². The molecule has 0 bridgehead atoms. The number of aromatic nitrogens is 1. The standard InChI is InChI=1S/C22H30N2O/c1-5-16(3)23-22(25)21-17(4)19-12-8-9-13-20(19)24(21)14-18-11-7-6-10-15(18)2/h6-7,10-11,16H,5,8-9,12-14H2,1-4H3,(H,23,25). The topological polar surface area (TPSA) is 34.0 Å². The Kier molecular flexibility index (Phi) is 5.31. The fourth-order valence-electron chi connectivity index (χ4n) is 3.89. The van der Waals surface area contributed by atoms with Gasteiger partial charge in [-0.15, -0.1) is 0 Å². The molecule has 134 valence electrons. The maximum atomic E-state index is 13.0. The summed E-state index contributed by atoms with van der Waals surface area (Å²) in [6.45, 7) is 9.24. The van der Waals surface area contributed by atoms with Crippen LogP contribution in [0.1, 0.15) is 71.5 Å². The predicted octanol–water partition coefficient (Wildman–Crippen LogP) is 4.56. The van der Waals surface area contributed by atoms with Gasteiger partial charge in [0.2, 0.25) is 0 Å². The molecular weight excluding hydrogens is 308 g/mol. The van der Waals surface area contributed by atoms with E-state index < -0.39 is 0 Å². The number of aryl methyl sites for hydroxylation is 1. The Bertz CT molecular complexity index is 773. The van der Waals surface area contributed by atoms with Crippen LogP contribution in [0.15, 0.2) is 24.3 Å². The molecule has 0 aliphatic heterocycles. The molecule has 1 aliphatic rings. The zero-order chi connectivity index (χ0) is 18.0. The van der Waals surface area contributed by atoms with E-state index in [0.29, 0.717) is 0 Å². The Morgan fingerprint density at radius 2 is 1.92 bits per heavy atom. The maximum Gasteiger partial charge on any atom is 0.268 e. The molecule has 0 saturated heterocycles. The number of hydrogen-bond donors (Lipinski definition) is 1. The van der Waals surface area contributed by atoms with Crippen LogP contribution in [0, 0.1) is 13.8 Å². The molecule has 0 radical (unpaired) electrons. The number of amides is 1. The van der Waals surface area contributed by atoms with Crippen LogP contribution in [-0.4, -0.2) is 16.5 Å². The van der Waals surface area contributed by atoms with E-state index in [2.05, 4.69) is 61.8 Å². The lowest BCUT2D eigenvalue weighted by Gasteiger charge is -2.19. The van der Waals surface area contributed by atoms with Gasteiger partial charge in [-0.05, 0) is 75.1 Å². The van der Waals surface area contributed by atoms with Crippen LogP contribution in [0.3, 0.4) is 0 Å². The van der Waals surface area contributed by atoms with E-state index in [1.165, 1.54) is 40.8 Å².